The summed E-state index contributed by atoms with van der Waals surface area (Å²) >= 11 is 0. The van der Waals surface area contributed by atoms with E-state index in [4.69, 9.17) is 4.74 Å². The summed E-state index contributed by atoms with van der Waals surface area (Å²) in [5.41, 5.74) is 0.306. The average molecular weight is 307 g/mol. The SMILES string of the molecule is CC(C)(C)OC(=O)N1CC(C(=O)O)=C(c2cccc(F)c2)C1. The summed E-state index contributed by atoms with van der Waals surface area (Å²) in [6, 6.07) is 5.68. The van der Waals surface area contributed by atoms with Gasteiger partial charge in [-0.2, -0.15) is 0 Å². The van der Waals surface area contributed by atoms with Gasteiger partial charge in [0.1, 0.15) is 11.4 Å². The number of hydrogen-bond donors (Lipinski definition) is 1. The summed E-state index contributed by atoms with van der Waals surface area (Å²) in [5, 5.41) is 9.32. The maximum atomic E-state index is 13.4. The second-order valence-corrected chi connectivity index (χ2v) is 6.11. The van der Waals surface area contributed by atoms with Crippen LogP contribution >= 0.6 is 0 Å². The van der Waals surface area contributed by atoms with E-state index in [1.54, 1.807) is 26.8 Å². The molecule has 0 atom stereocenters. The third kappa shape index (κ3) is 3.63. The van der Waals surface area contributed by atoms with Crippen LogP contribution in [-0.2, 0) is 9.53 Å². The van der Waals surface area contributed by atoms with E-state index in [2.05, 4.69) is 0 Å². The number of rotatable bonds is 2. The standard InChI is InChI=1S/C16H18FNO4/c1-16(2,3)22-15(21)18-8-12(13(9-18)14(19)20)10-5-4-6-11(17)7-10/h4-7H,8-9H2,1-3H3,(H,19,20). The molecule has 6 heteroatoms. The quantitative estimate of drug-likeness (QED) is 0.912. The van der Waals surface area contributed by atoms with Crippen LogP contribution in [0.5, 0.6) is 0 Å². The molecule has 0 bridgehead atoms. The van der Waals surface area contributed by atoms with E-state index >= 15 is 0 Å². The van der Waals surface area contributed by atoms with Crippen LogP contribution < -0.4 is 0 Å². The van der Waals surface area contributed by atoms with Gasteiger partial charge >= 0.3 is 12.1 Å². The topological polar surface area (TPSA) is 66.8 Å². The van der Waals surface area contributed by atoms with Crippen molar-refractivity contribution in [3.05, 3.63) is 41.2 Å². The normalized spacial score (nSPS) is 15.2. The Morgan fingerprint density at radius 1 is 1.27 bits per heavy atom. The zero-order chi connectivity index (χ0) is 16.5. The van der Waals surface area contributed by atoms with Gasteiger partial charge in [0.05, 0.1) is 18.7 Å². The van der Waals surface area contributed by atoms with Crippen LogP contribution in [-0.4, -0.2) is 40.8 Å². The van der Waals surface area contributed by atoms with Crippen LogP contribution in [0.15, 0.2) is 29.8 Å². The van der Waals surface area contributed by atoms with Gasteiger partial charge in [0.2, 0.25) is 0 Å². The van der Waals surface area contributed by atoms with Gasteiger partial charge in [-0.25, -0.2) is 14.0 Å². The fourth-order valence-electron chi connectivity index (χ4n) is 2.22. The molecule has 1 aromatic carbocycles. The lowest BCUT2D eigenvalue weighted by Crippen LogP contribution is -2.36. The van der Waals surface area contributed by atoms with E-state index in [9.17, 15) is 19.1 Å². The molecule has 5 nitrogen and oxygen atoms in total. The van der Waals surface area contributed by atoms with Crippen molar-refractivity contribution < 1.29 is 23.8 Å². The van der Waals surface area contributed by atoms with Crippen LogP contribution in [0.2, 0.25) is 0 Å². The van der Waals surface area contributed by atoms with Crippen LogP contribution in [0.3, 0.4) is 0 Å². The van der Waals surface area contributed by atoms with E-state index in [1.165, 1.54) is 23.1 Å². The van der Waals surface area contributed by atoms with Gasteiger partial charge in [-0.3, -0.25) is 4.90 Å². The molecule has 0 saturated carbocycles. The van der Waals surface area contributed by atoms with Gasteiger partial charge in [0.15, 0.2) is 0 Å². The highest BCUT2D eigenvalue weighted by Crippen LogP contribution is 2.28. The number of carboxylic acids is 1. The number of carbonyl (C=O) groups is 2. The van der Waals surface area contributed by atoms with Crippen molar-refractivity contribution in [1.29, 1.82) is 0 Å². The number of carboxylic acid groups (broad SMARTS) is 1. The van der Waals surface area contributed by atoms with Crippen molar-refractivity contribution in [2.45, 2.75) is 26.4 Å². The van der Waals surface area contributed by atoms with E-state index in [1.807, 2.05) is 0 Å². The molecule has 0 saturated heterocycles. The van der Waals surface area contributed by atoms with Crippen LogP contribution in [0.1, 0.15) is 26.3 Å². The molecule has 0 radical (unpaired) electrons. The molecule has 2 rings (SSSR count). The summed E-state index contributed by atoms with van der Waals surface area (Å²) in [6.07, 6.45) is -0.586. The molecule has 1 aliphatic heterocycles. The van der Waals surface area contributed by atoms with E-state index in [-0.39, 0.29) is 18.7 Å². The minimum absolute atomic E-state index is 0.0594. The lowest BCUT2D eigenvalue weighted by atomic mass is 10.0. The summed E-state index contributed by atoms with van der Waals surface area (Å²) in [5.74, 6) is -1.57. The van der Waals surface area contributed by atoms with Crippen molar-refractivity contribution in [2.24, 2.45) is 0 Å². The highest BCUT2D eigenvalue weighted by molar-refractivity contribution is 6.00. The highest BCUT2D eigenvalue weighted by Gasteiger charge is 2.32. The first-order valence-electron chi connectivity index (χ1n) is 6.86. The fraction of sp³-hybridized carbons (Fsp3) is 0.375. The van der Waals surface area contributed by atoms with E-state index in [0.29, 0.717) is 11.1 Å². The van der Waals surface area contributed by atoms with Crippen molar-refractivity contribution in [1.82, 2.24) is 4.90 Å². The highest BCUT2D eigenvalue weighted by atomic mass is 19.1. The first kappa shape index (κ1) is 16.0. The molecule has 1 N–H and O–H groups in total. The molecule has 0 unspecified atom stereocenters. The number of nitrogens with zero attached hydrogens (tertiary/aromatic N) is 1. The molecule has 0 spiro atoms. The van der Waals surface area contributed by atoms with Crippen LogP contribution in [0.4, 0.5) is 9.18 Å². The zero-order valence-corrected chi connectivity index (χ0v) is 12.7. The average Bonchev–Trinajstić information content (AvgIpc) is 2.82. The largest absolute Gasteiger partial charge is 0.478 e. The second kappa shape index (κ2) is 5.79. The maximum Gasteiger partial charge on any atom is 0.410 e. The van der Waals surface area contributed by atoms with Crippen molar-refractivity contribution in [2.75, 3.05) is 13.1 Å². The van der Waals surface area contributed by atoms with Crippen LogP contribution in [0.25, 0.3) is 5.57 Å². The van der Waals surface area contributed by atoms with Gasteiger partial charge in [-0.1, -0.05) is 12.1 Å². The molecule has 0 aromatic heterocycles. The monoisotopic (exact) mass is 307 g/mol. The Balaban J connectivity index is 2.26. The third-order valence-corrected chi connectivity index (χ3v) is 3.15. The molecule has 1 aliphatic rings. The van der Waals surface area contributed by atoms with Gasteiger partial charge in [0, 0.05) is 0 Å². The number of hydrogen-bond acceptors (Lipinski definition) is 3. The van der Waals surface area contributed by atoms with Gasteiger partial charge < -0.3 is 9.84 Å². The number of carbonyl (C=O) groups excluding carboxylic acids is 1. The molecule has 118 valence electrons. The van der Waals surface area contributed by atoms with Crippen LogP contribution in [0, 0.1) is 5.82 Å². The predicted molar refractivity (Wildman–Crippen MR) is 78.8 cm³/mol. The number of amides is 1. The summed E-state index contributed by atoms with van der Waals surface area (Å²) < 4.78 is 18.6. The van der Waals surface area contributed by atoms with Crippen molar-refractivity contribution in [3.63, 3.8) is 0 Å². The molecular formula is C16H18FNO4. The molecule has 1 aromatic rings. The predicted octanol–water partition coefficient (Wildman–Crippen LogP) is 2.91. The Hall–Kier alpha value is -2.37. The summed E-state index contributed by atoms with van der Waals surface area (Å²) in [6.45, 7) is 5.23. The number of aliphatic carboxylic acids is 1. The van der Waals surface area contributed by atoms with Gasteiger partial charge in [-0.15, -0.1) is 0 Å². The lowest BCUT2D eigenvalue weighted by molar-refractivity contribution is -0.132. The summed E-state index contributed by atoms with van der Waals surface area (Å²) in [4.78, 5) is 24.8. The van der Waals surface area contributed by atoms with Crippen molar-refractivity contribution in [3.8, 4) is 0 Å². The Morgan fingerprint density at radius 2 is 1.95 bits per heavy atom. The van der Waals surface area contributed by atoms with Crippen molar-refractivity contribution >= 4 is 17.6 Å². The Morgan fingerprint density at radius 3 is 2.50 bits per heavy atom. The molecule has 1 amide bonds. The lowest BCUT2D eigenvalue weighted by Gasteiger charge is -2.24. The zero-order valence-electron chi connectivity index (χ0n) is 12.7. The molecular weight excluding hydrogens is 289 g/mol. The number of benzene rings is 1. The van der Waals surface area contributed by atoms with Gasteiger partial charge in [0.25, 0.3) is 0 Å². The first-order valence-corrected chi connectivity index (χ1v) is 6.86. The Labute approximate surface area is 128 Å². The summed E-state index contributed by atoms with van der Waals surface area (Å²) in [7, 11) is 0. The smallest absolute Gasteiger partial charge is 0.410 e. The Kier molecular flexibility index (Phi) is 4.21. The first-order chi connectivity index (χ1) is 10.2. The molecule has 22 heavy (non-hydrogen) atoms. The van der Waals surface area contributed by atoms with Gasteiger partial charge in [-0.05, 0) is 44.0 Å². The second-order valence-electron chi connectivity index (χ2n) is 6.11. The number of ether oxygens (including phenoxy) is 1. The van der Waals surface area contributed by atoms with E-state index in [0.717, 1.165) is 0 Å². The Bertz CT molecular complexity index is 646. The maximum absolute atomic E-state index is 13.4. The molecule has 1 heterocycles. The minimum Gasteiger partial charge on any atom is -0.478 e. The number of halogens is 1. The molecule has 0 fully saturated rings. The van der Waals surface area contributed by atoms with E-state index < -0.39 is 23.5 Å². The molecule has 0 aliphatic carbocycles. The fourth-order valence-corrected chi connectivity index (χ4v) is 2.22. The minimum atomic E-state index is -1.12. The third-order valence-electron chi connectivity index (χ3n) is 3.15.